The molecule has 2 aromatic carbocycles. The van der Waals surface area contributed by atoms with Crippen molar-refractivity contribution < 1.29 is 18.7 Å². The summed E-state index contributed by atoms with van der Waals surface area (Å²) in [7, 11) is 0. The summed E-state index contributed by atoms with van der Waals surface area (Å²) in [4.78, 5) is 21.4. The molecular formula is C22H20FN3O3. The molecule has 0 bridgehead atoms. The molecule has 4 rings (SSSR count). The number of rotatable bonds is 6. The van der Waals surface area contributed by atoms with Gasteiger partial charge in [-0.2, -0.15) is 4.98 Å². The standard InChI is InChI=1S/C22H20FN3O3/c23-18-10-4-5-11-19(18)29-22-17(21(27)25-13-16-9-6-12-28-16)14-24-20(26-22)15-7-2-1-3-8-15/h1-5,7-8,10-11,14,16H,6,9,12-13H2,(H,25,27). The lowest BCUT2D eigenvalue weighted by molar-refractivity contribution is 0.0855. The van der Waals surface area contributed by atoms with E-state index in [2.05, 4.69) is 15.3 Å². The van der Waals surface area contributed by atoms with E-state index in [0.29, 0.717) is 19.0 Å². The number of nitrogens with zero attached hydrogens (tertiary/aromatic N) is 2. The van der Waals surface area contributed by atoms with Gasteiger partial charge in [0.15, 0.2) is 17.4 Å². The van der Waals surface area contributed by atoms with Crippen molar-refractivity contribution in [3.63, 3.8) is 0 Å². The Bertz CT molecular complexity index is 992. The van der Waals surface area contributed by atoms with Crippen molar-refractivity contribution in [2.24, 2.45) is 0 Å². The summed E-state index contributed by atoms with van der Waals surface area (Å²) >= 11 is 0. The molecule has 1 fully saturated rings. The molecule has 1 amide bonds. The maximum absolute atomic E-state index is 14.1. The molecule has 1 unspecified atom stereocenters. The van der Waals surface area contributed by atoms with Crippen molar-refractivity contribution in [3.8, 4) is 23.0 Å². The van der Waals surface area contributed by atoms with Gasteiger partial charge < -0.3 is 14.8 Å². The van der Waals surface area contributed by atoms with E-state index in [-0.39, 0.29) is 23.3 Å². The van der Waals surface area contributed by atoms with Crippen LogP contribution in [0.3, 0.4) is 0 Å². The second-order valence-corrected chi connectivity index (χ2v) is 6.66. The first-order valence-electron chi connectivity index (χ1n) is 9.45. The Hall–Kier alpha value is -3.32. The molecule has 0 spiro atoms. The van der Waals surface area contributed by atoms with Gasteiger partial charge >= 0.3 is 0 Å². The zero-order chi connectivity index (χ0) is 20.1. The highest BCUT2D eigenvalue weighted by molar-refractivity contribution is 5.96. The van der Waals surface area contributed by atoms with E-state index in [1.807, 2.05) is 30.3 Å². The lowest BCUT2D eigenvalue weighted by atomic mass is 10.2. The lowest BCUT2D eigenvalue weighted by Gasteiger charge is -2.14. The van der Waals surface area contributed by atoms with Crippen molar-refractivity contribution in [1.82, 2.24) is 15.3 Å². The molecule has 1 saturated heterocycles. The number of amides is 1. The predicted molar refractivity (Wildman–Crippen MR) is 105 cm³/mol. The molecule has 1 N–H and O–H groups in total. The zero-order valence-electron chi connectivity index (χ0n) is 15.7. The number of hydrogen-bond acceptors (Lipinski definition) is 5. The molecule has 7 heteroatoms. The smallest absolute Gasteiger partial charge is 0.258 e. The van der Waals surface area contributed by atoms with Crippen molar-refractivity contribution in [2.75, 3.05) is 13.2 Å². The highest BCUT2D eigenvalue weighted by atomic mass is 19.1. The SMILES string of the molecule is O=C(NCC1CCCO1)c1cnc(-c2ccccc2)nc1Oc1ccccc1F. The fraction of sp³-hybridized carbons (Fsp3) is 0.227. The van der Waals surface area contributed by atoms with Crippen molar-refractivity contribution in [3.05, 3.63) is 72.2 Å². The average molecular weight is 393 g/mol. The maximum Gasteiger partial charge on any atom is 0.258 e. The van der Waals surface area contributed by atoms with Crippen LogP contribution in [0.5, 0.6) is 11.6 Å². The summed E-state index contributed by atoms with van der Waals surface area (Å²) in [5.74, 6) is -0.579. The van der Waals surface area contributed by atoms with Crippen LogP contribution in [-0.2, 0) is 4.74 Å². The van der Waals surface area contributed by atoms with Gasteiger partial charge in [-0.3, -0.25) is 4.79 Å². The summed E-state index contributed by atoms with van der Waals surface area (Å²) in [6, 6.07) is 15.3. The van der Waals surface area contributed by atoms with E-state index in [9.17, 15) is 9.18 Å². The first kappa shape index (κ1) is 19.0. The Morgan fingerprint density at radius 2 is 1.97 bits per heavy atom. The second-order valence-electron chi connectivity index (χ2n) is 6.66. The molecule has 1 aromatic heterocycles. The number of aromatic nitrogens is 2. The molecule has 1 aliphatic rings. The van der Waals surface area contributed by atoms with Crippen LogP contribution in [0, 0.1) is 5.82 Å². The molecule has 1 atom stereocenters. The molecule has 0 saturated carbocycles. The molecule has 148 valence electrons. The van der Waals surface area contributed by atoms with Crippen LogP contribution in [0.25, 0.3) is 11.4 Å². The first-order valence-corrected chi connectivity index (χ1v) is 9.45. The zero-order valence-corrected chi connectivity index (χ0v) is 15.7. The second kappa shape index (κ2) is 8.79. The van der Waals surface area contributed by atoms with Gasteiger partial charge in [0.2, 0.25) is 5.88 Å². The van der Waals surface area contributed by atoms with Gasteiger partial charge in [0.25, 0.3) is 5.91 Å². The highest BCUT2D eigenvalue weighted by Gasteiger charge is 2.21. The molecule has 2 heterocycles. The maximum atomic E-state index is 14.1. The first-order chi connectivity index (χ1) is 14.2. The third-order valence-corrected chi connectivity index (χ3v) is 4.59. The van der Waals surface area contributed by atoms with Gasteiger partial charge in [-0.05, 0) is 25.0 Å². The lowest BCUT2D eigenvalue weighted by Crippen LogP contribution is -2.32. The fourth-order valence-corrected chi connectivity index (χ4v) is 3.06. The quantitative estimate of drug-likeness (QED) is 0.686. The van der Waals surface area contributed by atoms with Gasteiger partial charge in [0, 0.05) is 24.9 Å². The highest BCUT2D eigenvalue weighted by Crippen LogP contribution is 2.27. The van der Waals surface area contributed by atoms with E-state index in [0.717, 1.165) is 18.4 Å². The van der Waals surface area contributed by atoms with Crippen LogP contribution in [-0.4, -0.2) is 35.1 Å². The third-order valence-electron chi connectivity index (χ3n) is 4.59. The van der Waals surface area contributed by atoms with E-state index in [1.54, 1.807) is 12.1 Å². The number of carbonyl (C=O) groups is 1. The van der Waals surface area contributed by atoms with E-state index in [4.69, 9.17) is 9.47 Å². The number of halogens is 1. The van der Waals surface area contributed by atoms with E-state index >= 15 is 0 Å². The number of carbonyl (C=O) groups excluding carboxylic acids is 1. The van der Waals surface area contributed by atoms with Crippen LogP contribution in [0.15, 0.2) is 60.8 Å². The van der Waals surface area contributed by atoms with E-state index < -0.39 is 11.7 Å². The minimum atomic E-state index is -0.543. The summed E-state index contributed by atoms with van der Waals surface area (Å²) in [6.45, 7) is 1.09. The molecule has 29 heavy (non-hydrogen) atoms. The third kappa shape index (κ3) is 4.57. The van der Waals surface area contributed by atoms with Crippen LogP contribution in [0.4, 0.5) is 4.39 Å². The summed E-state index contributed by atoms with van der Waals surface area (Å²) in [5, 5.41) is 2.82. The number of nitrogens with one attached hydrogen (secondary N) is 1. The number of hydrogen-bond donors (Lipinski definition) is 1. The fourth-order valence-electron chi connectivity index (χ4n) is 3.06. The molecular weight excluding hydrogens is 373 g/mol. The largest absolute Gasteiger partial charge is 0.435 e. The Morgan fingerprint density at radius 3 is 2.72 bits per heavy atom. The molecule has 0 aliphatic carbocycles. The van der Waals surface area contributed by atoms with Gasteiger partial charge in [0.1, 0.15) is 5.56 Å². The number of benzene rings is 2. The Labute approximate surface area is 167 Å². The predicted octanol–water partition coefficient (Wildman–Crippen LogP) is 3.98. The van der Waals surface area contributed by atoms with Crippen molar-refractivity contribution >= 4 is 5.91 Å². The van der Waals surface area contributed by atoms with Crippen LogP contribution >= 0.6 is 0 Å². The summed E-state index contributed by atoms with van der Waals surface area (Å²) in [5.41, 5.74) is 0.892. The monoisotopic (exact) mass is 393 g/mol. The molecule has 1 aliphatic heterocycles. The summed E-state index contributed by atoms with van der Waals surface area (Å²) < 4.78 is 25.3. The number of ether oxygens (including phenoxy) is 2. The van der Waals surface area contributed by atoms with Crippen LogP contribution in [0.2, 0.25) is 0 Å². The van der Waals surface area contributed by atoms with Crippen molar-refractivity contribution in [2.45, 2.75) is 18.9 Å². The van der Waals surface area contributed by atoms with Crippen LogP contribution < -0.4 is 10.1 Å². The van der Waals surface area contributed by atoms with Gasteiger partial charge in [-0.15, -0.1) is 0 Å². The van der Waals surface area contributed by atoms with Crippen LogP contribution in [0.1, 0.15) is 23.2 Å². The van der Waals surface area contributed by atoms with Crippen molar-refractivity contribution in [1.29, 1.82) is 0 Å². The molecule has 0 radical (unpaired) electrons. The normalized spacial score (nSPS) is 15.8. The topological polar surface area (TPSA) is 73.3 Å². The number of para-hydroxylation sites is 1. The minimum Gasteiger partial charge on any atom is -0.435 e. The van der Waals surface area contributed by atoms with Gasteiger partial charge in [0.05, 0.1) is 6.10 Å². The summed E-state index contributed by atoms with van der Waals surface area (Å²) in [6.07, 6.45) is 3.29. The Kier molecular flexibility index (Phi) is 5.76. The van der Waals surface area contributed by atoms with Gasteiger partial charge in [-0.25, -0.2) is 9.37 Å². The Morgan fingerprint density at radius 1 is 1.17 bits per heavy atom. The van der Waals surface area contributed by atoms with E-state index in [1.165, 1.54) is 18.3 Å². The minimum absolute atomic E-state index is 0.000559. The molecule has 3 aromatic rings. The molecule has 6 nitrogen and oxygen atoms in total. The Balaban J connectivity index is 1.63. The van der Waals surface area contributed by atoms with Gasteiger partial charge in [-0.1, -0.05) is 42.5 Å². The average Bonchev–Trinajstić information content (AvgIpc) is 3.28.